The van der Waals surface area contributed by atoms with Crippen LogP contribution < -0.4 is 5.32 Å². The van der Waals surface area contributed by atoms with Crippen molar-refractivity contribution in [2.24, 2.45) is 16.7 Å². The van der Waals surface area contributed by atoms with E-state index in [0.717, 1.165) is 18.9 Å². The average Bonchev–Trinajstić information content (AvgIpc) is 2.59. The van der Waals surface area contributed by atoms with E-state index in [-0.39, 0.29) is 5.41 Å². The first-order valence-electron chi connectivity index (χ1n) is 7.88. The van der Waals surface area contributed by atoms with Crippen molar-refractivity contribution >= 4 is 0 Å². The summed E-state index contributed by atoms with van der Waals surface area (Å²) < 4.78 is 0. The summed E-state index contributed by atoms with van der Waals surface area (Å²) in [5.74, 6) is 0.807. The van der Waals surface area contributed by atoms with E-state index in [0.29, 0.717) is 5.41 Å². The van der Waals surface area contributed by atoms with Crippen molar-refractivity contribution in [3.05, 3.63) is 23.9 Å². The monoisotopic (exact) mass is 263 g/mol. The zero-order valence-electron chi connectivity index (χ0n) is 13.9. The molecule has 19 heavy (non-hydrogen) atoms. The van der Waals surface area contributed by atoms with E-state index >= 15 is 0 Å². The second kappa shape index (κ2) is 6.15. The Balaban J connectivity index is 2.97. The Bertz CT molecular complexity index is 351. The van der Waals surface area contributed by atoms with Crippen LogP contribution in [-0.2, 0) is 0 Å². The third-order valence-corrected chi connectivity index (χ3v) is 5.38. The Hall–Kier alpha value is -0.720. The minimum atomic E-state index is 0.251. The lowest BCUT2D eigenvalue weighted by Crippen LogP contribution is -2.37. The summed E-state index contributed by atoms with van der Waals surface area (Å²) >= 11 is 0. The Labute approximate surface area is 120 Å². The SMILES string of the molecule is C=C(C)C/C=C1/NCC(CC)(CC(C)CC)C1(C)C. The number of hydrogen-bond donors (Lipinski definition) is 1. The second-order valence-electron chi connectivity index (χ2n) is 7.11. The van der Waals surface area contributed by atoms with Gasteiger partial charge in [0.1, 0.15) is 0 Å². The summed E-state index contributed by atoms with van der Waals surface area (Å²) in [6, 6.07) is 0. The van der Waals surface area contributed by atoms with Crippen LogP contribution in [0, 0.1) is 16.7 Å². The highest BCUT2D eigenvalue weighted by atomic mass is 15.0. The molecule has 0 saturated carbocycles. The van der Waals surface area contributed by atoms with Crippen LogP contribution in [0.1, 0.15) is 67.2 Å². The van der Waals surface area contributed by atoms with Gasteiger partial charge in [0.15, 0.2) is 0 Å². The summed E-state index contributed by atoms with van der Waals surface area (Å²) in [7, 11) is 0. The lowest BCUT2D eigenvalue weighted by Gasteiger charge is -2.42. The summed E-state index contributed by atoms with van der Waals surface area (Å²) in [4.78, 5) is 0. The molecular formula is C18H33N. The topological polar surface area (TPSA) is 12.0 Å². The van der Waals surface area contributed by atoms with Crippen LogP contribution in [0.2, 0.25) is 0 Å². The van der Waals surface area contributed by atoms with Gasteiger partial charge in [-0.05, 0) is 37.5 Å². The summed E-state index contributed by atoms with van der Waals surface area (Å²) in [5, 5.41) is 3.69. The Morgan fingerprint density at radius 1 is 1.42 bits per heavy atom. The standard InChI is InChI=1S/C18H33N/c1-8-15(5)12-18(9-2)13-19-16(17(18,6)7)11-10-14(3)4/h11,15,19H,3,8-10,12-13H2,1-2,4-7H3/b16-11+. The lowest BCUT2D eigenvalue weighted by molar-refractivity contribution is 0.106. The van der Waals surface area contributed by atoms with Gasteiger partial charge in [0, 0.05) is 17.7 Å². The molecule has 1 rings (SSSR count). The molecule has 0 amide bonds. The van der Waals surface area contributed by atoms with Crippen LogP contribution in [0.15, 0.2) is 23.9 Å². The average molecular weight is 263 g/mol. The summed E-state index contributed by atoms with van der Waals surface area (Å²) in [6.07, 6.45) is 7.21. The number of allylic oxidation sites excluding steroid dienone is 3. The summed E-state index contributed by atoms with van der Waals surface area (Å²) in [5.41, 5.74) is 3.32. The molecule has 1 heterocycles. The molecule has 1 aliphatic heterocycles. The Kier molecular flexibility index (Phi) is 5.29. The Morgan fingerprint density at radius 3 is 2.53 bits per heavy atom. The first-order chi connectivity index (χ1) is 8.79. The molecule has 0 aromatic rings. The molecule has 2 atom stereocenters. The highest BCUT2D eigenvalue weighted by Gasteiger charge is 2.50. The third-order valence-electron chi connectivity index (χ3n) is 5.38. The molecule has 0 bridgehead atoms. The van der Waals surface area contributed by atoms with Gasteiger partial charge in [0.05, 0.1) is 0 Å². The molecule has 1 nitrogen and oxygen atoms in total. The molecular weight excluding hydrogens is 230 g/mol. The normalized spacial score (nSPS) is 29.3. The fourth-order valence-corrected chi connectivity index (χ4v) is 3.45. The van der Waals surface area contributed by atoms with Crippen molar-refractivity contribution in [3.63, 3.8) is 0 Å². The van der Waals surface area contributed by atoms with E-state index in [9.17, 15) is 0 Å². The minimum absolute atomic E-state index is 0.251. The van der Waals surface area contributed by atoms with Crippen molar-refractivity contribution in [2.45, 2.75) is 67.2 Å². The molecule has 1 fully saturated rings. The molecule has 1 N–H and O–H groups in total. The molecule has 0 radical (unpaired) electrons. The van der Waals surface area contributed by atoms with Crippen LogP contribution in [0.5, 0.6) is 0 Å². The number of rotatable bonds is 6. The van der Waals surface area contributed by atoms with Crippen molar-refractivity contribution in [2.75, 3.05) is 6.54 Å². The van der Waals surface area contributed by atoms with Gasteiger partial charge < -0.3 is 5.32 Å². The van der Waals surface area contributed by atoms with Gasteiger partial charge in [-0.3, -0.25) is 0 Å². The van der Waals surface area contributed by atoms with E-state index in [2.05, 4.69) is 59.5 Å². The van der Waals surface area contributed by atoms with E-state index in [1.165, 1.54) is 30.5 Å². The van der Waals surface area contributed by atoms with Gasteiger partial charge in [0.25, 0.3) is 0 Å². The van der Waals surface area contributed by atoms with Crippen LogP contribution in [-0.4, -0.2) is 6.54 Å². The number of hydrogen-bond acceptors (Lipinski definition) is 1. The van der Waals surface area contributed by atoms with Crippen LogP contribution in [0.4, 0.5) is 0 Å². The maximum absolute atomic E-state index is 4.01. The highest BCUT2D eigenvalue weighted by molar-refractivity contribution is 5.24. The second-order valence-corrected chi connectivity index (χ2v) is 7.11. The van der Waals surface area contributed by atoms with E-state index in [4.69, 9.17) is 0 Å². The summed E-state index contributed by atoms with van der Waals surface area (Å²) in [6.45, 7) is 19.1. The van der Waals surface area contributed by atoms with Gasteiger partial charge >= 0.3 is 0 Å². The molecule has 1 saturated heterocycles. The first-order valence-corrected chi connectivity index (χ1v) is 7.88. The van der Waals surface area contributed by atoms with Crippen LogP contribution >= 0.6 is 0 Å². The van der Waals surface area contributed by atoms with Gasteiger partial charge in [-0.2, -0.15) is 0 Å². The smallest absolute Gasteiger partial charge is 0.0209 e. The Morgan fingerprint density at radius 2 is 2.05 bits per heavy atom. The van der Waals surface area contributed by atoms with E-state index in [1.54, 1.807) is 0 Å². The largest absolute Gasteiger partial charge is 0.388 e. The first kappa shape index (κ1) is 16.3. The van der Waals surface area contributed by atoms with Crippen molar-refractivity contribution in [3.8, 4) is 0 Å². The fraction of sp³-hybridized carbons (Fsp3) is 0.778. The third kappa shape index (κ3) is 3.24. The number of nitrogens with one attached hydrogen (secondary N) is 1. The quantitative estimate of drug-likeness (QED) is 0.641. The van der Waals surface area contributed by atoms with Gasteiger partial charge in [-0.15, -0.1) is 0 Å². The highest BCUT2D eigenvalue weighted by Crippen LogP contribution is 2.54. The predicted molar refractivity (Wildman–Crippen MR) is 86.1 cm³/mol. The molecule has 110 valence electrons. The molecule has 0 aromatic carbocycles. The molecule has 0 spiro atoms. The van der Waals surface area contributed by atoms with Crippen LogP contribution in [0.3, 0.4) is 0 Å². The van der Waals surface area contributed by atoms with Gasteiger partial charge in [-0.1, -0.05) is 59.3 Å². The predicted octanol–water partition coefficient (Wildman–Crippen LogP) is 5.30. The molecule has 0 aromatic heterocycles. The van der Waals surface area contributed by atoms with Crippen LogP contribution in [0.25, 0.3) is 0 Å². The minimum Gasteiger partial charge on any atom is -0.388 e. The van der Waals surface area contributed by atoms with E-state index in [1.807, 2.05) is 0 Å². The van der Waals surface area contributed by atoms with Gasteiger partial charge in [-0.25, -0.2) is 0 Å². The van der Waals surface area contributed by atoms with Crippen molar-refractivity contribution < 1.29 is 0 Å². The zero-order valence-corrected chi connectivity index (χ0v) is 13.9. The fourth-order valence-electron chi connectivity index (χ4n) is 3.45. The molecule has 1 heteroatoms. The van der Waals surface area contributed by atoms with Crippen molar-refractivity contribution in [1.29, 1.82) is 0 Å². The molecule has 1 aliphatic rings. The molecule has 0 aliphatic carbocycles. The maximum Gasteiger partial charge on any atom is 0.0209 e. The molecule has 2 unspecified atom stereocenters. The van der Waals surface area contributed by atoms with Crippen molar-refractivity contribution in [1.82, 2.24) is 5.32 Å². The van der Waals surface area contributed by atoms with E-state index < -0.39 is 0 Å². The van der Waals surface area contributed by atoms with Gasteiger partial charge in [0.2, 0.25) is 0 Å². The zero-order chi connectivity index (χ0) is 14.7. The maximum atomic E-state index is 4.01. The lowest BCUT2D eigenvalue weighted by atomic mass is 9.61.